The van der Waals surface area contributed by atoms with Crippen molar-refractivity contribution in [3.8, 4) is 0 Å². The smallest absolute Gasteiger partial charge is 0.223 e. The maximum atomic E-state index is 11.2. The second-order valence-electron chi connectivity index (χ2n) is 2.90. The van der Waals surface area contributed by atoms with E-state index in [2.05, 4.69) is 12.2 Å². The standard InChI is InChI=1S/C8H16N2O/c1-3-7(9-2)10-6-4-5-8(10)11/h7,9H,3-6H2,1-2H3. The Labute approximate surface area is 67.8 Å². The van der Waals surface area contributed by atoms with E-state index in [-0.39, 0.29) is 6.17 Å². The molecule has 1 N–H and O–H groups in total. The van der Waals surface area contributed by atoms with Crippen LogP contribution in [-0.2, 0) is 4.79 Å². The van der Waals surface area contributed by atoms with Crippen molar-refractivity contribution in [2.75, 3.05) is 13.6 Å². The lowest BCUT2D eigenvalue weighted by Gasteiger charge is -2.25. The summed E-state index contributed by atoms with van der Waals surface area (Å²) >= 11 is 0. The average molecular weight is 156 g/mol. The quantitative estimate of drug-likeness (QED) is 0.647. The lowest BCUT2D eigenvalue weighted by atomic mass is 10.3. The van der Waals surface area contributed by atoms with Crippen molar-refractivity contribution in [3.05, 3.63) is 0 Å². The molecular weight excluding hydrogens is 140 g/mol. The number of carbonyl (C=O) groups excluding carboxylic acids is 1. The molecule has 1 rings (SSSR count). The van der Waals surface area contributed by atoms with Crippen LogP contribution in [0.1, 0.15) is 26.2 Å². The van der Waals surface area contributed by atoms with Crippen LogP contribution in [0.25, 0.3) is 0 Å². The molecule has 11 heavy (non-hydrogen) atoms. The normalized spacial score (nSPS) is 20.9. The van der Waals surface area contributed by atoms with Gasteiger partial charge in [-0.1, -0.05) is 6.92 Å². The molecule has 1 saturated heterocycles. The molecule has 1 heterocycles. The lowest BCUT2D eigenvalue weighted by Crippen LogP contribution is -2.44. The van der Waals surface area contributed by atoms with Gasteiger partial charge in [-0.05, 0) is 19.9 Å². The zero-order chi connectivity index (χ0) is 8.27. The minimum absolute atomic E-state index is 0.255. The molecule has 0 aromatic heterocycles. The summed E-state index contributed by atoms with van der Waals surface area (Å²) < 4.78 is 0. The highest BCUT2D eigenvalue weighted by Gasteiger charge is 2.25. The number of nitrogens with zero attached hydrogens (tertiary/aromatic N) is 1. The molecule has 1 unspecified atom stereocenters. The van der Waals surface area contributed by atoms with Crippen molar-refractivity contribution in [1.82, 2.24) is 10.2 Å². The van der Waals surface area contributed by atoms with E-state index in [9.17, 15) is 4.79 Å². The molecule has 0 aliphatic carbocycles. The van der Waals surface area contributed by atoms with Gasteiger partial charge in [-0.15, -0.1) is 0 Å². The number of carbonyl (C=O) groups is 1. The summed E-state index contributed by atoms with van der Waals surface area (Å²) in [5.74, 6) is 0.297. The third kappa shape index (κ3) is 1.71. The summed E-state index contributed by atoms with van der Waals surface area (Å²) in [4.78, 5) is 13.2. The zero-order valence-electron chi connectivity index (χ0n) is 7.26. The molecule has 0 aromatic rings. The average Bonchev–Trinajstić information content (AvgIpc) is 2.40. The fraction of sp³-hybridized carbons (Fsp3) is 0.875. The van der Waals surface area contributed by atoms with Crippen LogP contribution >= 0.6 is 0 Å². The summed E-state index contributed by atoms with van der Waals surface area (Å²) in [6.07, 6.45) is 3.00. The van der Waals surface area contributed by atoms with Gasteiger partial charge in [0.25, 0.3) is 0 Å². The van der Waals surface area contributed by atoms with Crippen LogP contribution in [-0.4, -0.2) is 30.6 Å². The van der Waals surface area contributed by atoms with E-state index in [1.807, 2.05) is 11.9 Å². The lowest BCUT2D eigenvalue weighted by molar-refractivity contribution is -0.130. The third-order valence-electron chi connectivity index (χ3n) is 2.21. The minimum Gasteiger partial charge on any atom is -0.327 e. The first-order valence-electron chi connectivity index (χ1n) is 4.26. The van der Waals surface area contributed by atoms with Crippen molar-refractivity contribution in [2.45, 2.75) is 32.4 Å². The highest BCUT2D eigenvalue weighted by molar-refractivity contribution is 5.78. The largest absolute Gasteiger partial charge is 0.327 e. The van der Waals surface area contributed by atoms with Crippen LogP contribution < -0.4 is 5.32 Å². The second kappa shape index (κ2) is 3.72. The van der Waals surface area contributed by atoms with Gasteiger partial charge in [0.2, 0.25) is 5.91 Å². The fourth-order valence-corrected chi connectivity index (χ4v) is 1.58. The predicted octanol–water partition coefficient (Wildman–Crippen LogP) is 0.564. The highest BCUT2D eigenvalue weighted by atomic mass is 16.2. The Morgan fingerprint density at radius 3 is 2.82 bits per heavy atom. The van der Waals surface area contributed by atoms with Gasteiger partial charge in [-0.25, -0.2) is 0 Å². The first kappa shape index (κ1) is 8.53. The fourth-order valence-electron chi connectivity index (χ4n) is 1.58. The van der Waals surface area contributed by atoms with Crippen molar-refractivity contribution < 1.29 is 4.79 Å². The van der Waals surface area contributed by atoms with E-state index in [0.29, 0.717) is 5.91 Å². The molecule has 1 atom stereocenters. The molecular formula is C8H16N2O. The van der Waals surface area contributed by atoms with Crippen LogP contribution in [0.4, 0.5) is 0 Å². The van der Waals surface area contributed by atoms with Gasteiger partial charge in [0.05, 0.1) is 6.17 Å². The van der Waals surface area contributed by atoms with Crippen molar-refractivity contribution >= 4 is 5.91 Å². The summed E-state index contributed by atoms with van der Waals surface area (Å²) in [7, 11) is 1.90. The molecule has 0 aromatic carbocycles. The Kier molecular flexibility index (Phi) is 2.88. The van der Waals surface area contributed by atoms with Crippen molar-refractivity contribution in [1.29, 1.82) is 0 Å². The topological polar surface area (TPSA) is 32.3 Å². The molecule has 1 aliphatic heterocycles. The van der Waals surface area contributed by atoms with Gasteiger partial charge in [-0.2, -0.15) is 0 Å². The van der Waals surface area contributed by atoms with E-state index < -0.39 is 0 Å². The number of amides is 1. The van der Waals surface area contributed by atoms with E-state index in [1.54, 1.807) is 0 Å². The summed E-state index contributed by atoms with van der Waals surface area (Å²) in [6, 6.07) is 0. The Balaban J connectivity index is 2.49. The Bertz CT molecular complexity index is 143. The molecule has 0 bridgehead atoms. The molecule has 1 amide bonds. The maximum absolute atomic E-state index is 11.2. The summed E-state index contributed by atoms with van der Waals surface area (Å²) in [5, 5.41) is 3.13. The Morgan fingerprint density at radius 1 is 1.73 bits per heavy atom. The molecule has 64 valence electrons. The number of hydrogen-bond donors (Lipinski definition) is 1. The summed E-state index contributed by atoms with van der Waals surface area (Å²) in [5.41, 5.74) is 0. The molecule has 3 heteroatoms. The van der Waals surface area contributed by atoms with Crippen LogP contribution in [0, 0.1) is 0 Å². The zero-order valence-corrected chi connectivity index (χ0v) is 7.26. The van der Waals surface area contributed by atoms with Gasteiger partial charge in [0, 0.05) is 13.0 Å². The Morgan fingerprint density at radius 2 is 2.45 bits per heavy atom. The van der Waals surface area contributed by atoms with Crippen LogP contribution in [0.5, 0.6) is 0 Å². The number of hydrogen-bond acceptors (Lipinski definition) is 2. The number of likely N-dealkylation sites (tertiary alicyclic amines) is 1. The van der Waals surface area contributed by atoms with Crippen molar-refractivity contribution in [3.63, 3.8) is 0 Å². The van der Waals surface area contributed by atoms with Crippen LogP contribution in [0.15, 0.2) is 0 Å². The van der Waals surface area contributed by atoms with E-state index >= 15 is 0 Å². The minimum atomic E-state index is 0.255. The van der Waals surface area contributed by atoms with Crippen molar-refractivity contribution in [2.24, 2.45) is 0 Å². The first-order valence-corrected chi connectivity index (χ1v) is 4.26. The first-order chi connectivity index (χ1) is 5.29. The molecule has 0 spiro atoms. The van der Waals surface area contributed by atoms with E-state index in [1.165, 1.54) is 0 Å². The third-order valence-corrected chi connectivity index (χ3v) is 2.21. The highest BCUT2D eigenvalue weighted by Crippen LogP contribution is 2.13. The molecule has 1 aliphatic rings. The monoisotopic (exact) mass is 156 g/mol. The Hall–Kier alpha value is -0.570. The SMILES string of the molecule is CCC(NC)N1CCCC1=O. The van der Waals surface area contributed by atoms with Gasteiger partial charge in [0.1, 0.15) is 0 Å². The predicted molar refractivity (Wildman–Crippen MR) is 44.1 cm³/mol. The second-order valence-corrected chi connectivity index (χ2v) is 2.90. The number of rotatable bonds is 3. The van der Waals surface area contributed by atoms with E-state index in [4.69, 9.17) is 0 Å². The molecule has 3 nitrogen and oxygen atoms in total. The maximum Gasteiger partial charge on any atom is 0.223 e. The molecule has 0 radical (unpaired) electrons. The van der Waals surface area contributed by atoms with Crippen LogP contribution in [0.2, 0.25) is 0 Å². The van der Waals surface area contributed by atoms with E-state index in [0.717, 1.165) is 25.8 Å². The molecule has 0 saturated carbocycles. The van der Waals surface area contributed by atoms with Crippen LogP contribution in [0.3, 0.4) is 0 Å². The summed E-state index contributed by atoms with van der Waals surface area (Å²) in [6.45, 7) is 3.02. The van der Waals surface area contributed by atoms with Gasteiger partial charge >= 0.3 is 0 Å². The number of nitrogens with one attached hydrogen (secondary N) is 1. The van der Waals surface area contributed by atoms with Gasteiger partial charge in [-0.3, -0.25) is 4.79 Å². The van der Waals surface area contributed by atoms with Gasteiger partial charge < -0.3 is 10.2 Å². The molecule has 1 fully saturated rings. The van der Waals surface area contributed by atoms with Gasteiger partial charge in [0.15, 0.2) is 0 Å².